The summed E-state index contributed by atoms with van der Waals surface area (Å²) in [5, 5.41) is 6.92. The first-order chi connectivity index (χ1) is 10.3. The van der Waals surface area contributed by atoms with Gasteiger partial charge in [0.2, 0.25) is 5.91 Å². The van der Waals surface area contributed by atoms with E-state index in [4.69, 9.17) is 4.74 Å². The fourth-order valence-corrected chi connectivity index (χ4v) is 3.31. The predicted octanol–water partition coefficient (Wildman–Crippen LogP) is 0.836. The summed E-state index contributed by atoms with van der Waals surface area (Å²) in [6, 6.07) is -0.0200. The number of aromatic amines is 1. The van der Waals surface area contributed by atoms with Gasteiger partial charge in [-0.3, -0.25) is 14.8 Å². The molecule has 0 radical (unpaired) electrons. The lowest BCUT2D eigenvalue weighted by molar-refractivity contribution is -0.140. The van der Waals surface area contributed by atoms with Crippen LogP contribution in [0.25, 0.3) is 0 Å². The maximum absolute atomic E-state index is 12.5. The molecule has 2 aliphatic heterocycles. The average Bonchev–Trinajstić information content (AvgIpc) is 3.09. The van der Waals surface area contributed by atoms with Gasteiger partial charge in [-0.2, -0.15) is 5.10 Å². The van der Waals surface area contributed by atoms with Crippen molar-refractivity contribution < 1.29 is 9.53 Å². The Labute approximate surface area is 125 Å². The molecule has 116 valence electrons. The van der Waals surface area contributed by atoms with E-state index in [-0.39, 0.29) is 11.9 Å². The van der Waals surface area contributed by atoms with Gasteiger partial charge in [0.1, 0.15) is 0 Å². The molecule has 0 aliphatic carbocycles. The third kappa shape index (κ3) is 3.27. The lowest BCUT2D eigenvalue weighted by Crippen LogP contribution is -2.52. The van der Waals surface area contributed by atoms with Gasteiger partial charge in [0.25, 0.3) is 0 Å². The summed E-state index contributed by atoms with van der Waals surface area (Å²) >= 11 is 0. The quantitative estimate of drug-likeness (QED) is 0.896. The highest BCUT2D eigenvalue weighted by molar-refractivity contribution is 5.81. The van der Waals surface area contributed by atoms with Crippen molar-refractivity contribution in [3.63, 3.8) is 0 Å². The number of nitrogens with zero attached hydrogens (tertiary/aromatic N) is 3. The van der Waals surface area contributed by atoms with Gasteiger partial charge in [-0.15, -0.1) is 0 Å². The number of carbonyl (C=O) groups is 1. The van der Waals surface area contributed by atoms with E-state index < -0.39 is 0 Å². The zero-order valence-corrected chi connectivity index (χ0v) is 12.6. The molecule has 6 heteroatoms. The minimum Gasteiger partial charge on any atom is -0.378 e. The van der Waals surface area contributed by atoms with E-state index in [0.29, 0.717) is 19.1 Å². The Balaban J connectivity index is 1.52. The van der Waals surface area contributed by atoms with Gasteiger partial charge in [-0.1, -0.05) is 0 Å². The van der Waals surface area contributed by atoms with Gasteiger partial charge < -0.3 is 9.64 Å². The van der Waals surface area contributed by atoms with Crippen molar-refractivity contribution in [1.82, 2.24) is 20.0 Å². The second-order valence-electron chi connectivity index (χ2n) is 5.96. The first-order valence-corrected chi connectivity index (χ1v) is 7.85. The smallest absolute Gasteiger partial charge is 0.239 e. The van der Waals surface area contributed by atoms with Crippen LogP contribution in [0.5, 0.6) is 0 Å². The van der Waals surface area contributed by atoms with E-state index in [2.05, 4.69) is 15.1 Å². The molecule has 6 nitrogen and oxygen atoms in total. The van der Waals surface area contributed by atoms with Gasteiger partial charge in [0.05, 0.1) is 25.5 Å². The fourth-order valence-electron chi connectivity index (χ4n) is 3.31. The van der Waals surface area contributed by atoms with E-state index in [1.807, 2.05) is 24.2 Å². The molecule has 0 aromatic carbocycles. The van der Waals surface area contributed by atoms with Crippen molar-refractivity contribution in [3.05, 3.63) is 18.0 Å². The van der Waals surface area contributed by atoms with Crippen molar-refractivity contribution >= 4 is 5.91 Å². The number of aromatic nitrogens is 2. The monoisotopic (exact) mass is 292 g/mol. The normalized spacial score (nSPS) is 23.2. The largest absolute Gasteiger partial charge is 0.378 e. The first kappa shape index (κ1) is 14.5. The maximum atomic E-state index is 12.5. The van der Waals surface area contributed by atoms with Crippen molar-refractivity contribution in [2.75, 3.05) is 39.4 Å². The van der Waals surface area contributed by atoms with Crippen LogP contribution in [0.2, 0.25) is 0 Å². The minimum absolute atomic E-state index is 0.0200. The van der Waals surface area contributed by atoms with Crippen LogP contribution in [-0.2, 0) is 9.53 Å². The Hall–Kier alpha value is -1.40. The number of hydrogen-bond acceptors (Lipinski definition) is 4. The molecule has 2 fully saturated rings. The third-order valence-electron chi connectivity index (χ3n) is 4.75. The van der Waals surface area contributed by atoms with Gasteiger partial charge >= 0.3 is 0 Å². The van der Waals surface area contributed by atoms with Crippen LogP contribution in [-0.4, -0.2) is 71.3 Å². The van der Waals surface area contributed by atoms with Gasteiger partial charge in [-0.05, 0) is 44.3 Å². The van der Waals surface area contributed by atoms with Crippen LogP contribution in [0.4, 0.5) is 0 Å². The highest BCUT2D eigenvalue weighted by Crippen LogP contribution is 2.28. The predicted molar refractivity (Wildman–Crippen MR) is 79.0 cm³/mol. The van der Waals surface area contributed by atoms with Crippen molar-refractivity contribution in [2.24, 2.45) is 0 Å². The molecule has 0 saturated carbocycles. The van der Waals surface area contributed by atoms with Gasteiger partial charge in [-0.25, -0.2) is 0 Å². The standard InChI is InChI=1S/C15H24N4O2/c1-12(15(20)19-6-8-21-9-7-19)18-4-2-13(3-5-18)14-10-16-17-11-14/h10-13H,2-9H2,1H3,(H,16,17). The van der Waals surface area contributed by atoms with E-state index in [1.165, 1.54) is 5.56 Å². The molecule has 1 unspecified atom stereocenters. The lowest BCUT2D eigenvalue weighted by atomic mass is 9.91. The minimum atomic E-state index is -0.0200. The maximum Gasteiger partial charge on any atom is 0.239 e. The van der Waals surface area contributed by atoms with Crippen LogP contribution in [0.1, 0.15) is 31.2 Å². The van der Waals surface area contributed by atoms with Crippen LogP contribution >= 0.6 is 0 Å². The summed E-state index contributed by atoms with van der Waals surface area (Å²) in [5.41, 5.74) is 1.29. The summed E-state index contributed by atoms with van der Waals surface area (Å²) in [6.45, 7) is 6.79. The molecule has 21 heavy (non-hydrogen) atoms. The van der Waals surface area contributed by atoms with Gasteiger partial charge in [0, 0.05) is 19.3 Å². The molecule has 0 bridgehead atoms. The van der Waals surface area contributed by atoms with E-state index in [0.717, 1.165) is 39.0 Å². The number of amides is 1. The summed E-state index contributed by atoms with van der Waals surface area (Å²) < 4.78 is 5.31. The number of likely N-dealkylation sites (tertiary alicyclic amines) is 1. The van der Waals surface area contributed by atoms with E-state index in [9.17, 15) is 4.79 Å². The molecule has 1 atom stereocenters. The van der Waals surface area contributed by atoms with Crippen molar-refractivity contribution in [1.29, 1.82) is 0 Å². The molecule has 2 saturated heterocycles. The van der Waals surface area contributed by atoms with Crippen LogP contribution < -0.4 is 0 Å². The molecule has 1 N–H and O–H groups in total. The number of piperidine rings is 1. The summed E-state index contributed by atoms with van der Waals surface area (Å²) in [6.07, 6.45) is 6.10. The molecule has 1 amide bonds. The van der Waals surface area contributed by atoms with Crippen LogP contribution in [0.15, 0.2) is 12.4 Å². The van der Waals surface area contributed by atoms with E-state index in [1.54, 1.807) is 0 Å². The Morgan fingerprint density at radius 2 is 2.05 bits per heavy atom. The zero-order chi connectivity index (χ0) is 14.7. The number of H-pyrrole nitrogens is 1. The first-order valence-electron chi connectivity index (χ1n) is 7.85. The molecule has 1 aromatic rings. The Kier molecular flexibility index (Phi) is 4.55. The Bertz CT molecular complexity index is 448. The molecule has 3 heterocycles. The second kappa shape index (κ2) is 6.58. The highest BCUT2D eigenvalue weighted by Gasteiger charge is 2.30. The number of rotatable bonds is 3. The number of nitrogens with one attached hydrogen (secondary N) is 1. The topological polar surface area (TPSA) is 61.5 Å². The van der Waals surface area contributed by atoms with Gasteiger partial charge in [0.15, 0.2) is 0 Å². The third-order valence-corrected chi connectivity index (χ3v) is 4.75. The molecular weight excluding hydrogens is 268 g/mol. The SMILES string of the molecule is CC(C(=O)N1CCOCC1)N1CCC(c2cn[nH]c2)CC1. The molecule has 1 aromatic heterocycles. The van der Waals surface area contributed by atoms with Crippen LogP contribution in [0.3, 0.4) is 0 Å². The molecular formula is C15H24N4O2. The fraction of sp³-hybridized carbons (Fsp3) is 0.733. The summed E-state index contributed by atoms with van der Waals surface area (Å²) in [7, 11) is 0. The zero-order valence-electron chi connectivity index (χ0n) is 12.6. The number of hydrogen-bond donors (Lipinski definition) is 1. The van der Waals surface area contributed by atoms with Crippen LogP contribution in [0, 0.1) is 0 Å². The number of ether oxygens (including phenoxy) is 1. The van der Waals surface area contributed by atoms with E-state index >= 15 is 0 Å². The molecule has 3 rings (SSSR count). The molecule has 0 spiro atoms. The highest BCUT2D eigenvalue weighted by atomic mass is 16.5. The second-order valence-corrected chi connectivity index (χ2v) is 5.96. The summed E-state index contributed by atoms with van der Waals surface area (Å²) in [5.74, 6) is 0.825. The Morgan fingerprint density at radius 1 is 1.33 bits per heavy atom. The number of morpholine rings is 1. The Morgan fingerprint density at radius 3 is 2.67 bits per heavy atom. The van der Waals surface area contributed by atoms with Crippen molar-refractivity contribution in [3.8, 4) is 0 Å². The summed E-state index contributed by atoms with van der Waals surface area (Å²) in [4.78, 5) is 16.8. The molecule has 2 aliphatic rings. The van der Waals surface area contributed by atoms with Crippen molar-refractivity contribution in [2.45, 2.75) is 31.7 Å². The number of carbonyl (C=O) groups excluding carboxylic acids is 1. The average molecular weight is 292 g/mol. The lowest BCUT2D eigenvalue weighted by Gasteiger charge is -2.38.